The van der Waals surface area contributed by atoms with Crippen LogP contribution in [0.5, 0.6) is 0 Å². The van der Waals surface area contributed by atoms with Gasteiger partial charge in [0.15, 0.2) is 0 Å². The topological polar surface area (TPSA) is 131 Å². The Labute approximate surface area is 181 Å². The predicted octanol–water partition coefficient (Wildman–Crippen LogP) is 1.30. The van der Waals surface area contributed by atoms with Crippen molar-refractivity contribution in [3.8, 4) is 0 Å². The number of rotatable bonds is 2. The molecule has 0 spiro atoms. The van der Waals surface area contributed by atoms with E-state index in [1.807, 2.05) is 6.92 Å². The SMILES string of the molecule is C[C@]12C[C@@H](O)[C@@H]3[C@@H](CC[C@@]4(O)C[C@@H](O)CC[C@]34CO)[C@@]1(O)CC[C@@H]2c1ccc(=O)oc1. The van der Waals surface area contributed by atoms with E-state index in [1.165, 1.54) is 12.3 Å². The van der Waals surface area contributed by atoms with Crippen LogP contribution in [0.3, 0.4) is 0 Å². The van der Waals surface area contributed by atoms with E-state index in [4.69, 9.17) is 4.42 Å². The molecule has 172 valence electrons. The minimum absolute atomic E-state index is 0.0588. The minimum atomic E-state index is -1.24. The van der Waals surface area contributed by atoms with Gasteiger partial charge in [0.25, 0.3) is 0 Å². The average Bonchev–Trinajstić information content (AvgIpc) is 2.99. The van der Waals surface area contributed by atoms with Crippen molar-refractivity contribution in [1.29, 1.82) is 0 Å². The highest BCUT2D eigenvalue weighted by Crippen LogP contribution is 2.71. The molecular formula is C24H34O7. The molecule has 0 unspecified atom stereocenters. The van der Waals surface area contributed by atoms with Gasteiger partial charge < -0.3 is 29.9 Å². The van der Waals surface area contributed by atoms with Crippen LogP contribution in [0.1, 0.15) is 69.8 Å². The smallest absolute Gasteiger partial charge is 0.335 e. The van der Waals surface area contributed by atoms with Crippen molar-refractivity contribution >= 4 is 0 Å². The molecule has 1 aromatic rings. The Hall–Kier alpha value is -1.25. The summed E-state index contributed by atoms with van der Waals surface area (Å²) in [5, 5.41) is 56.0. The van der Waals surface area contributed by atoms with Crippen LogP contribution in [0.2, 0.25) is 0 Å². The lowest BCUT2D eigenvalue weighted by Gasteiger charge is -2.67. The zero-order chi connectivity index (χ0) is 22.2. The number of aliphatic hydroxyl groups is 5. The van der Waals surface area contributed by atoms with E-state index >= 15 is 0 Å². The summed E-state index contributed by atoms with van der Waals surface area (Å²) in [6.45, 7) is 1.75. The minimum Gasteiger partial charge on any atom is -0.431 e. The monoisotopic (exact) mass is 434 g/mol. The summed E-state index contributed by atoms with van der Waals surface area (Å²) in [6.07, 6.45) is 3.71. The first-order chi connectivity index (χ1) is 14.6. The van der Waals surface area contributed by atoms with Gasteiger partial charge in [-0.05, 0) is 68.4 Å². The lowest BCUT2D eigenvalue weighted by molar-refractivity contribution is -0.291. The van der Waals surface area contributed by atoms with Crippen LogP contribution in [0, 0.1) is 22.7 Å². The second-order valence-corrected chi connectivity index (χ2v) is 11.0. The number of fused-ring (bicyclic) bond motifs is 5. The molecule has 7 nitrogen and oxygen atoms in total. The normalized spacial score (nSPS) is 51.6. The number of hydrogen-bond donors (Lipinski definition) is 5. The first-order valence-corrected chi connectivity index (χ1v) is 11.6. The standard InChI is InChI=1S/C24H34O7/c1-21-11-18(27)20-17(5-8-23(29)10-15(26)4-7-22(20,23)13-25)24(21,30)9-6-16(21)14-2-3-19(28)31-12-14/h2-3,12,15-18,20,25-27,29-30H,4-11,13H2,1H3/t15-,16+,17+,18+,20-,21+,22-,23+,24-/m0/s1. The van der Waals surface area contributed by atoms with Crippen LogP contribution in [-0.4, -0.2) is 55.5 Å². The molecule has 4 fully saturated rings. The second kappa shape index (κ2) is 6.87. The maximum absolute atomic E-state index is 12.2. The van der Waals surface area contributed by atoms with E-state index in [2.05, 4.69) is 0 Å². The van der Waals surface area contributed by atoms with Crippen LogP contribution < -0.4 is 5.63 Å². The summed E-state index contributed by atoms with van der Waals surface area (Å²) in [4.78, 5) is 11.4. The largest absolute Gasteiger partial charge is 0.431 e. The first kappa shape index (κ1) is 21.6. The average molecular weight is 435 g/mol. The van der Waals surface area contributed by atoms with Gasteiger partial charge in [-0.25, -0.2) is 4.79 Å². The van der Waals surface area contributed by atoms with Crippen LogP contribution >= 0.6 is 0 Å². The highest BCUT2D eigenvalue weighted by molar-refractivity contribution is 5.29. The molecule has 4 aliphatic carbocycles. The summed E-state index contributed by atoms with van der Waals surface area (Å²) < 4.78 is 5.10. The quantitative estimate of drug-likeness (QED) is 0.474. The molecule has 4 saturated carbocycles. The molecule has 4 aliphatic rings. The molecule has 0 bridgehead atoms. The van der Waals surface area contributed by atoms with E-state index in [0.29, 0.717) is 44.9 Å². The van der Waals surface area contributed by atoms with Crippen molar-refractivity contribution in [2.75, 3.05) is 6.61 Å². The van der Waals surface area contributed by atoms with E-state index in [-0.39, 0.29) is 24.9 Å². The van der Waals surface area contributed by atoms with Crippen molar-refractivity contribution in [3.63, 3.8) is 0 Å². The molecule has 0 amide bonds. The molecule has 9 atom stereocenters. The van der Waals surface area contributed by atoms with Crippen molar-refractivity contribution in [2.45, 2.75) is 87.6 Å². The van der Waals surface area contributed by atoms with Crippen LogP contribution in [-0.2, 0) is 0 Å². The highest BCUT2D eigenvalue weighted by atomic mass is 16.4. The molecule has 7 heteroatoms. The van der Waals surface area contributed by atoms with Crippen LogP contribution in [0.4, 0.5) is 0 Å². The van der Waals surface area contributed by atoms with Gasteiger partial charge in [0.1, 0.15) is 0 Å². The number of aliphatic hydroxyl groups excluding tert-OH is 3. The van der Waals surface area contributed by atoms with Crippen molar-refractivity contribution in [1.82, 2.24) is 0 Å². The highest BCUT2D eigenvalue weighted by Gasteiger charge is 2.73. The van der Waals surface area contributed by atoms with Gasteiger partial charge in [0, 0.05) is 29.2 Å². The van der Waals surface area contributed by atoms with Crippen LogP contribution in [0.15, 0.2) is 27.6 Å². The Bertz CT molecular complexity index is 895. The summed E-state index contributed by atoms with van der Waals surface area (Å²) in [5.74, 6) is -0.754. The molecule has 1 aromatic heterocycles. The third-order valence-corrected chi connectivity index (χ3v) is 10.0. The molecule has 1 heterocycles. The fourth-order valence-electron chi connectivity index (χ4n) is 8.50. The van der Waals surface area contributed by atoms with E-state index < -0.39 is 45.8 Å². The maximum atomic E-state index is 12.2. The lowest BCUT2D eigenvalue weighted by Crippen LogP contribution is -2.72. The summed E-state index contributed by atoms with van der Waals surface area (Å²) in [6, 6.07) is 3.15. The van der Waals surface area contributed by atoms with E-state index in [9.17, 15) is 30.3 Å². The predicted molar refractivity (Wildman–Crippen MR) is 111 cm³/mol. The molecule has 0 saturated heterocycles. The van der Waals surface area contributed by atoms with Gasteiger partial charge in [0.05, 0.1) is 36.3 Å². The molecule has 0 radical (unpaired) electrons. The van der Waals surface area contributed by atoms with Gasteiger partial charge in [-0.15, -0.1) is 0 Å². The van der Waals surface area contributed by atoms with Gasteiger partial charge >= 0.3 is 5.63 Å². The Balaban J connectivity index is 1.56. The Morgan fingerprint density at radius 3 is 2.52 bits per heavy atom. The molecule has 31 heavy (non-hydrogen) atoms. The van der Waals surface area contributed by atoms with E-state index in [1.54, 1.807) is 6.07 Å². The van der Waals surface area contributed by atoms with Gasteiger partial charge in [-0.1, -0.05) is 6.92 Å². The fraction of sp³-hybridized carbons (Fsp3) is 0.792. The van der Waals surface area contributed by atoms with Gasteiger partial charge in [-0.2, -0.15) is 0 Å². The Morgan fingerprint density at radius 2 is 1.84 bits per heavy atom. The van der Waals surface area contributed by atoms with Crippen LogP contribution in [0.25, 0.3) is 0 Å². The third kappa shape index (κ3) is 2.67. The fourth-order valence-corrected chi connectivity index (χ4v) is 8.50. The maximum Gasteiger partial charge on any atom is 0.335 e. The first-order valence-electron chi connectivity index (χ1n) is 11.6. The second-order valence-electron chi connectivity index (χ2n) is 11.0. The third-order valence-electron chi connectivity index (χ3n) is 10.0. The Kier molecular flexibility index (Phi) is 4.79. The van der Waals surface area contributed by atoms with Gasteiger partial charge in [0.2, 0.25) is 0 Å². The Morgan fingerprint density at radius 1 is 1.06 bits per heavy atom. The summed E-state index contributed by atoms with van der Waals surface area (Å²) >= 11 is 0. The number of hydrogen-bond acceptors (Lipinski definition) is 7. The van der Waals surface area contributed by atoms with Crippen molar-refractivity contribution in [3.05, 3.63) is 34.4 Å². The molecular weight excluding hydrogens is 400 g/mol. The molecule has 5 N–H and O–H groups in total. The molecule has 5 rings (SSSR count). The van der Waals surface area contributed by atoms with Crippen molar-refractivity contribution < 1.29 is 29.9 Å². The zero-order valence-corrected chi connectivity index (χ0v) is 18.0. The molecule has 0 aliphatic heterocycles. The summed E-state index contributed by atoms with van der Waals surface area (Å²) in [5.41, 5.74) is -3.41. The van der Waals surface area contributed by atoms with Crippen molar-refractivity contribution in [2.24, 2.45) is 22.7 Å². The zero-order valence-electron chi connectivity index (χ0n) is 18.0. The summed E-state index contributed by atoms with van der Waals surface area (Å²) in [7, 11) is 0. The molecule has 0 aromatic carbocycles. The van der Waals surface area contributed by atoms with E-state index in [0.717, 1.165) is 5.56 Å². The van der Waals surface area contributed by atoms with Gasteiger partial charge in [-0.3, -0.25) is 0 Å². The lowest BCUT2D eigenvalue weighted by atomic mass is 9.41.